The Hall–Kier alpha value is -1.53. The number of nitro groups is 1. The van der Waals surface area contributed by atoms with Crippen LogP contribution < -0.4 is 0 Å². The number of rotatable bonds is 2. The van der Waals surface area contributed by atoms with Gasteiger partial charge in [0.2, 0.25) is 0 Å². The molecule has 1 aromatic heterocycles. The van der Waals surface area contributed by atoms with Crippen molar-refractivity contribution in [1.82, 2.24) is 4.98 Å². The van der Waals surface area contributed by atoms with Gasteiger partial charge in [-0.3, -0.25) is 10.1 Å². The van der Waals surface area contributed by atoms with Crippen molar-refractivity contribution in [1.29, 1.82) is 0 Å². The van der Waals surface area contributed by atoms with Crippen LogP contribution in [0.4, 0.5) is 10.1 Å². The number of aromatic nitrogens is 1. The van der Waals surface area contributed by atoms with Crippen molar-refractivity contribution in [2.75, 3.05) is 0 Å². The first kappa shape index (κ1) is 12.9. The Morgan fingerprint density at radius 3 is 2.72 bits per heavy atom. The SMILES string of the molecule is O=[N+]([O-])c1ccc(Cl)nc1-c1cc(Br)ccc1F. The molecule has 2 rings (SSSR count). The number of pyridine rings is 1. The summed E-state index contributed by atoms with van der Waals surface area (Å²) in [6, 6.07) is 6.60. The van der Waals surface area contributed by atoms with Crippen molar-refractivity contribution in [2.45, 2.75) is 0 Å². The molecule has 0 saturated heterocycles. The van der Waals surface area contributed by atoms with E-state index in [0.29, 0.717) is 4.47 Å². The van der Waals surface area contributed by atoms with Gasteiger partial charge < -0.3 is 0 Å². The zero-order valence-electron chi connectivity index (χ0n) is 8.73. The molecule has 7 heteroatoms. The smallest absolute Gasteiger partial charge is 0.258 e. The molecular weight excluding hydrogens is 326 g/mol. The van der Waals surface area contributed by atoms with E-state index in [1.54, 1.807) is 0 Å². The van der Waals surface area contributed by atoms with Crippen LogP contribution >= 0.6 is 27.5 Å². The Bertz CT molecular complexity index is 636. The van der Waals surface area contributed by atoms with Gasteiger partial charge in [-0.15, -0.1) is 0 Å². The van der Waals surface area contributed by atoms with E-state index in [2.05, 4.69) is 20.9 Å². The largest absolute Gasteiger partial charge is 0.295 e. The van der Waals surface area contributed by atoms with Crippen LogP contribution in [0.2, 0.25) is 5.15 Å². The molecule has 0 atom stereocenters. The molecule has 0 unspecified atom stereocenters. The van der Waals surface area contributed by atoms with Gasteiger partial charge in [0.25, 0.3) is 5.69 Å². The highest BCUT2D eigenvalue weighted by Crippen LogP contribution is 2.32. The maximum absolute atomic E-state index is 13.7. The second-order valence-corrected chi connectivity index (χ2v) is 4.69. The lowest BCUT2D eigenvalue weighted by atomic mass is 10.1. The average Bonchev–Trinajstić information content (AvgIpc) is 2.31. The quantitative estimate of drug-likeness (QED) is 0.470. The highest BCUT2D eigenvalue weighted by Gasteiger charge is 2.20. The van der Waals surface area contributed by atoms with Crippen molar-refractivity contribution in [3.8, 4) is 11.3 Å². The van der Waals surface area contributed by atoms with Crippen molar-refractivity contribution < 1.29 is 9.31 Å². The average molecular weight is 332 g/mol. The molecule has 0 saturated carbocycles. The predicted octanol–water partition coefficient (Wildman–Crippen LogP) is 4.21. The summed E-state index contributed by atoms with van der Waals surface area (Å²) in [6.07, 6.45) is 0. The lowest BCUT2D eigenvalue weighted by molar-refractivity contribution is -0.384. The summed E-state index contributed by atoms with van der Waals surface area (Å²) in [6.45, 7) is 0. The maximum atomic E-state index is 13.7. The molecule has 92 valence electrons. The van der Waals surface area contributed by atoms with Crippen molar-refractivity contribution in [2.24, 2.45) is 0 Å². The van der Waals surface area contributed by atoms with Gasteiger partial charge in [-0.1, -0.05) is 27.5 Å². The summed E-state index contributed by atoms with van der Waals surface area (Å²) < 4.78 is 14.3. The topological polar surface area (TPSA) is 56.0 Å². The first-order valence-corrected chi connectivity index (χ1v) is 5.92. The van der Waals surface area contributed by atoms with Crippen LogP contribution in [0.3, 0.4) is 0 Å². The third kappa shape index (κ3) is 2.49. The van der Waals surface area contributed by atoms with Gasteiger partial charge in [0.05, 0.1) is 4.92 Å². The highest BCUT2D eigenvalue weighted by molar-refractivity contribution is 9.10. The Kier molecular flexibility index (Phi) is 3.58. The highest BCUT2D eigenvalue weighted by atomic mass is 79.9. The van der Waals surface area contributed by atoms with Crippen LogP contribution in [0.25, 0.3) is 11.3 Å². The van der Waals surface area contributed by atoms with E-state index in [4.69, 9.17) is 11.6 Å². The molecule has 0 radical (unpaired) electrons. The van der Waals surface area contributed by atoms with E-state index in [1.165, 1.54) is 30.3 Å². The molecule has 0 aliphatic carbocycles. The van der Waals surface area contributed by atoms with E-state index in [1.807, 2.05) is 0 Å². The maximum Gasteiger partial charge on any atom is 0.295 e. The van der Waals surface area contributed by atoms with Crippen LogP contribution in [0.1, 0.15) is 0 Å². The minimum Gasteiger partial charge on any atom is -0.258 e. The summed E-state index contributed by atoms with van der Waals surface area (Å²) in [7, 11) is 0. The number of nitrogens with zero attached hydrogens (tertiary/aromatic N) is 2. The second kappa shape index (κ2) is 4.99. The van der Waals surface area contributed by atoms with Crippen LogP contribution in [0.5, 0.6) is 0 Å². The second-order valence-electron chi connectivity index (χ2n) is 3.38. The van der Waals surface area contributed by atoms with Gasteiger partial charge in [0.15, 0.2) is 5.69 Å². The summed E-state index contributed by atoms with van der Waals surface area (Å²) in [4.78, 5) is 14.1. The van der Waals surface area contributed by atoms with E-state index in [9.17, 15) is 14.5 Å². The molecule has 0 fully saturated rings. The molecule has 0 spiro atoms. The summed E-state index contributed by atoms with van der Waals surface area (Å²) in [5, 5.41) is 11.0. The molecule has 0 bridgehead atoms. The van der Waals surface area contributed by atoms with Gasteiger partial charge >= 0.3 is 0 Å². The number of halogens is 3. The molecule has 0 aliphatic rings. The monoisotopic (exact) mass is 330 g/mol. The number of hydrogen-bond acceptors (Lipinski definition) is 3. The van der Waals surface area contributed by atoms with Gasteiger partial charge in [-0.2, -0.15) is 0 Å². The van der Waals surface area contributed by atoms with E-state index in [0.717, 1.165) is 0 Å². The summed E-state index contributed by atoms with van der Waals surface area (Å²) >= 11 is 8.87. The molecule has 0 N–H and O–H groups in total. The van der Waals surface area contributed by atoms with Crippen LogP contribution in [-0.2, 0) is 0 Å². The Morgan fingerprint density at radius 2 is 2.06 bits per heavy atom. The van der Waals surface area contributed by atoms with Gasteiger partial charge in [0, 0.05) is 16.1 Å². The third-order valence-corrected chi connectivity index (χ3v) is 2.92. The lowest BCUT2D eigenvalue weighted by Crippen LogP contribution is -1.96. The fraction of sp³-hybridized carbons (Fsp3) is 0. The van der Waals surface area contributed by atoms with E-state index < -0.39 is 10.7 Å². The number of hydrogen-bond donors (Lipinski definition) is 0. The molecule has 18 heavy (non-hydrogen) atoms. The summed E-state index contributed by atoms with van der Waals surface area (Å²) in [5.41, 5.74) is -0.360. The standard InChI is InChI=1S/C11H5BrClFN2O2/c12-6-1-2-8(14)7(5-6)11-9(16(17)18)3-4-10(13)15-11/h1-5H. The summed E-state index contributed by atoms with van der Waals surface area (Å²) in [5.74, 6) is -0.601. The molecular formula is C11H5BrClFN2O2. The zero-order chi connectivity index (χ0) is 13.3. The molecule has 4 nitrogen and oxygen atoms in total. The number of benzene rings is 1. The molecule has 0 aliphatic heterocycles. The minimum atomic E-state index is -0.626. The lowest BCUT2D eigenvalue weighted by Gasteiger charge is -2.05. The minimum absolute atomic E-state index is 0.0265. The Morgan fingerprint density at radius 1 is 1.33 bits per heavy atom. The first-order valence-electron chi connectivity index (χ1n) is 4.75. The van der Waals surface area contributed by atoms with Gasteiger partial charge in [0.1, 0.15) is 11.0 Å². The van der Waals surface area contributed by atoms with Crippen molar-refractivity contribution in [3.63, 3.8) is 0 Å². The van der Waals surface area contributed by atoms with Gasteiger partial charge in [-0.05, 0) is 24.3 Å². The molecule has 1 aromatic carbocycles. The predicted molar refractivity (Wildman–Crippen MR) is 69.0 cm³/mol. The molecule has 2 aromatic rings. The van der Waals surface area contributed by atoms with E-state index >= 15 is 0 Å². The van der Waals surface area contributed by atoms with Crippen LogP contribution in [0, 0.1) is 15.9 Å². The van der Waals surface area contributed by atoms with Gasteiger partial charge in [-0.25, -0.2) is 9.37 Å². The van der Waals surface area contributed by atoms with Crippen molar-refractivity contribution in [3.05, 3.63) is 55.9 Å². The fourth-order valence-corrected chi connectivity index (χ4v) is 1.96. The molecule has 1 heterocycles. The van der Waals surface area contributed by atoms with E-state index in [-0.39, 0.29) is 22.1 Å². The van der Waals surface area contributed by atoms with Crippen molar-refractivity contribution >= 4 is 33.2 Å². The fourth-order valence-electron chi connectivity index (χ4n) is 1.45. The Labute approximate surface area is 115 Å². The Balaban J connectivity index is 2.73. The van der Waals surface area contributed by atoms with Crippen LogP contribution in [-0.4, -0.2) is 9.91 Å². The normalized spacial score (nSPS) is 10.4. The molecule has 0 amide bonds. The third-order valence-electron chi connectivity index (χ3n) is 2.22. The first-order chi connectivity index (χ1) is 8.49. The zero-order valence-corrected chi connectivity index (χ0v) is 11.1. The van der Waals surface area contributed by atoms with Crippen LogP contribution in [0.15, 0.2) is 34.8 Å².